The van der Waals surface area contributed by atoms with Crippen LogP contribution in [-0.2, 0) is 16.0 Å². The molecule has 0 spiro atoms. The highest BCUT2D eigenvalue weighted by Crippen LogP contribution is 2.32. The number of hydrogen-bond acceptors (Lipinski definition) is 4. The van der Waals surface area contributed by atoms with Crippen LogP contribution in [0.5, 0.6) is 11.5 Å². The van der Waals surface area contributed by atoms with E-state index in [9.17, 15) is 4.79 Å². The lowest BCUT2D eigenvalue weighted by Crippen LogP contribution is -2.05. The van der Waals surface area contributed by atoms with Gasteiger partial charge in [-0.05, 0) is 24.5 Å². The molecule has 0 aliphatic rings. The number of methoxy groups -OCH3 is 2. The van der Waals surface area contributed by atoms with Gasteiger partial charge in [0, 0.05) is 6.42 Å². The van der Waals surface area contributed by atoms with Crippen molar-refractivity contribution < 1.29 is 19.0 Å². The maximum atomic E-state index is 11.2. The lowest BCUT2D eigenvalue weighted by Gasteiger charge is -2.14. The summed E-state index contributed by atoms with van der Waals surface area (Å²) in [5.41, 5.74) is 0.966. The number of carbonyl (C=O) groups is 1. The molecular weight excluding hydrogens is 232 g/mol. The first-order valence-electron chi connectivity index (χ1n) is 6.08. The molecule has 0 N–H and O–H groups in total. The van der Waals surface area contributed by atoms with E-state index < -0.39 is 0 Å². The molecule has 4 nitrogen and oxygen atoms in total. The smallest absolute Gasteiger partial charge is 0.305 e. The minimum absolute atomic E-state index is 0.223. The Labute approximate surface area is 108 Å². The fourth-order valence-corrected chi connectivity index (χ4v) is 1.63. The van der Waals surface area contributed by atoms with Gasteiger partial charge in [-0.25, -0.2) is 0 Å². The molecule has 0 unspecified atom stereocenters. The van der Waals surface area contributed by atoms with Gasteiger partial charge >= 0.3 is 5.97 Å². The SMILES string of the molecule is CCCOc1c(CCC(=O)OC)cccc1OC. The van der Waals surface area contributed by atoms with Crippen molar-refractivity contribution in [3.8, 4) is 11.5 Å². The molecule has 0 amide bonds. The van der Waals surface area contributed by atoms with Crippen molar-refractivity contribution in [1.82, 2.24) is 0 Å². The molecular formula is C14H20O4. The Morgan fingerprint density at radius 3 is 2.67 bits per heavy atom. The number of carbonyl (C=O) groups excluding carboxylic acids is 1. The molecule has 0 saturated heterocycles. The van der Waals surface area contributed by atoms with Crippen molar-refractivity contribution in [2.75, 3.05) is 20.8 Å². The zero-order valence-electron chi connectivity index (χ0n) is 11.2. The average Bonchev–Trinajstić information content (AvgIpc) is 2.42. The summed E-state index contributed by atoms with van der Waals surface area (Å²) in [4.78, 5) is 11.2. The van der Waals surface area contributed by atoms with Gasteiger partial charge in [0.25, 0.3) is 0 Å². The molecule has 0 atom stereocenters. The van der Waals surface area contributed by atoms with E-state index in [-0.39, 0.29) is 5.97 Å². The van der Waals surface area contributed by atoms with E-state index in [1.807, 2.05) is 25.1 Å². The predicted molar refractivity (Wildman–Crippen MR) is 69.1 cm³/mol. The van der Waals surface area contributed by atoms with Gasteiger partial charge in [-0.1, -0.05) is 19.1 Å². The van der Waals surface area contributed by atoms with Crippen LogP contribution in [-0.4, -0.2) is 26.8 Å². The Morgan fingerprint density at radius 1 is 1.28 bits per heavy atom. The van der Waals surface area contributed by atoms with Crippen molar-refractivity contribution in [2.24, 2.45) is 0 Å². The molecule has 1 aromatic carbocycles. The van der Waals surface area contributed by atoms with Crippen molar-refractivity contribution in [2.45, 2.75) is 26.2 Å². The van der Waals surface area contributed by atoms with E-state index in [0.29, 0.717) is 25.2 Å². The van der Waals surface area contributed by atoms with Crippen LogP contribution >= 0.6 is 0 Å². The molecule has 0 bridgehead atoms. The largest absolute Gasteiger partial charge is 0.493 e. The zero-order chi connectivity index (χ0) is 13.4. The molecule has 1 aromatic rings. The minimum atomic E-state index is -0.223. The van der Waals surface area contributed by atoms with Gasteiger partial charge in [0.05, 0.1) is 20.8 Å². The Morgan fingerprint density at radius 2 is 2.06 bits per heavy atom. The second-order valence-corrected chi connectivity index (χ2v) is 3.87. The van der Waals surface area contributed by atoms with E-state index >= 15 is 0 Å². The highest BCUT2D eigenvalue weighted by molar-refractivity contribution is 5.69. The topological polar surface area (TPSA) is 44.8 Å². The van der Waals surface area contributed by atoms with Crippen LogP contribution in [0.4, 0.5) is 0 Å². The number of aryl methyl sites for hydroxylation is 1. The van der Waals surface area contributed by atoms with Crippen LogP contribution < -0.4 is 9.47 Å². The lowest BCUT2D eigenvalue weighted by atomic mass is 10.1. The van der Waals surface area contributed by atoms with Crippen LogP contribution in [0.15, 0.2) is 18.2 Å². The van der Waals surface area contributed by atoms with E-state index in [1.165, 1.54) is 7.11 Å². The van der Waals surface area contributed by atoms with Crippen LogP contribution in [0.25, 0.3) is 0 Å². The number of hydrogen-bond donors (Lipinski definition) is 0. The van der Waals surface area contributed by atoms with Crippen molar-refractivity contribution in [3.05, 3.63) is 23.8 Å². The molecule has 0 heterocycles. The second-order valence-electron chi connectivity index (χ2n) is 3.87. The summed E-state index contributed by atoms with van der Waals surface area (Å²) >= 11 is 0. The van der Waals surface area contributed by atoms with Crippen LogP contribution in [0, 0.1) is 0 Å². The highest BCUT2D eigenvalue weighted by Gasteiger charge is 2.12. The quantitative estimate of drug-likeness (QED) is 0.700. The molecule has 0 aliphatic heterocycles. The van der Waals surface area contributed by atoms with E-state index in [1.54, 1.807) is 7.11 Å². The summed E-state index contributed by atoms with van der Waals surface area (Å²) in [7, 11) is 3.00. The third-order valence-corrected chi connectivity index (χ3v) is 2.56. The number of esters is 1. The summed E-state index contributed by atoms with van der Waals surface area (Å²) in [6, 6.07) is 5.69. The molecule has 100 valence electrons. The summed E-state index contributed by atoms with van der Waals surface area (Å²) in [6.45, 7) is 2.68. The summed E-state index contributed by atoms with van der Waals surface area (Å²) in [6.07, 6.45) is 1.85. The van der Waals surface area contributed by atoms with E-state index in [4.69, 9.17) is 9.47 Å². The number of benzene rings is 1. The van der Waals surface area contributed by atoms with Crippen LogP contribution in [0.3, 0.4) is 0 Å². The third-order valence-electron chi connectivity index (χ3n) is 2.56. The van der Waals surface area contributed by atoms with Crippen LogP contribution in [0.1, 0.15) is 25.3 Å². The van der Waals surface area contributed by atoms with Crippen molar-refractivity contribution in [3.63, 3.8) is 0 Å². The van der Waals surface area contributed by atoms with E-state index in [2.05, 4.69) is 4.74 Å². The number of para-hydroxylation sites is 1. The minimum Gasteiger partial charge on any atom is -0.493 e. The molecule has 0 saturated carbocycles. The number of ether oxygens (including phenoxy) is 3. The Bertz CT molecular complexity index is 387. The monoisotopic (exact) mass is 252 g/mol. The molecule has 0 aliphatic carbocycles. The van der Waals surface area contributed by atoms with E-state index in [0.717, 1.165) is 17.7 Å². The lowest BCUT2D eigenvalue weighted by molar-refractivity contribution is -0.140. The molecule has 4 heteroatoms. The summed E-state index contributed by atoms with van der Waals surface area (Å²) in [5, 5.41) is 0. The maximum absolute atomic E-state index is 11.2. The third kappa shape index (κ3) is 3.95. The molecule has 0 radical (unpaired) electrons. The normalized spacial score (nSPS) is 9.94. The molecule has 0 fully saturated rings. The Hall–Kier alpha value is -1.71. The Kier molecular flexibility index (Phi) is 6.05. The van der Waals surface area contributed by atoms with Gasteiger partial charge in [-0.2, -0.15) is 0 Å². The Balaban J connectivity index is 2.83. The highest BCUT2D eigenvalue weighted by atomic mass is 16.5. The molecule has 18 heavy (non-hydrogen) atoms. The van der Waals surface area contributed by atoms with Crippen molar-refractivity contribution in [1.29, 1.82) is 0 Å². The second kappa shape index (κ2) is 7.58. The van der Waals surface area contributed by atoms with Gasteiger partial charge in [0.15, 0.2) is 11.5 Å². The fraction of sp³-hybridized carbons (Fsp3) is 0.500. The first-order chi connectivity index (χ1) is 8.72. The standard InChI is InChI=1S/C14H20O4/c1-4-10-18-14-11(8-9-13(15)17-3)6-5-7-12(14)16-2/h5-7H,4,8-10H2,1-3H3. The molecule has 0 aromatic heterocycles. The van der Waals surface area contributed by atoms with Crippen molar-refractivity contribution >= 4 is 5.97 Å². The maximum Gasteiger partial charge on any atom is 0.305 e. The fourth-order valence-electron chi connectivity index (χ4n) is 1.63. The zero-order valence-corrected chi connectivity index (χ0v) is 11.2. The summed E-state index contributed by atoms with van der Waals surface area (Å²) < 4.78 is 15.6. The van der Waals surface area contributed by atoms with Gasteiger partial charge in [0.1, 0.15) is 0 Å². The van der Waals surface area contributed by atoms with Gasteiger partial charge in [0.2, 0.25) is 0 Å². The van der Waals surface area contributed by atoms with Gasteiger partial charge in [-0.15, -0.1) is 0 Å². The summed E-state index contributed by atoms with van der Waals surface area (Å²) in [5.74, 6) is 1.20. The molecule has 1 rings (SSSR count). The van der Waals surface area contributed by atoms with Gasteiger partial charge < -0.3 is 14.2 Å². The van der Waals surface area contributed by atoms with Gasteiger partial charge in [-0.3, -0.25) is 4.79 Å². The first kappa shape index (κ1) is 14.4. The first-order valence-corrected chi connectivity index (χ1v) is 6.08. The average molecular weight is 252 g/mol. The number of rotatable bonds is 7. The predicted octanol–water partition coefficient (Wildman–Crippen LogP) is 2.59. The van der Waals surface area contributed by atoms with Crippen LogP contribution in [0.2, 0.25) is 0 Å².